The minimum absolute atomic E-state index is 0.0133. The molecule has 0 saturated carbocycles. The maximum Gasteiger partial charge on any atom is 0.243 e. The molecule has 162 valence electrons. The second-order valence-electron chi connectivity index (χ2n) is 7.33. The quantitative estimate of drug-likeness (QED) is 0.615. The van der Waals surface area contributed by atoms with Crippen LogP contribution in [0.4, 0.5) is 4.39 Å². The van der Waals surface area contributed by atoms with Gasteiger partial charge in [-0.15, -0.1) is 0 Å². The number of hydrogen-bond donors (Lipinski definition) is 0. The standard InChI is InChI=1S/C21H25BrFN3O3S/c1-24(15-17-5-2-3-6-20(17)22)21(27)16-25-11-4-12-26(14-13-25)30(28,29)19-9-7-18(23)8-10-19/h2-3,5-10H,4,11-16H2,1H3. The molecule has 1 aliphatic rings. The third kappa shape index (κ3) is 5.66. The Hall–Kier alpha value is -1.81. The van der Waals surface area contributed by atoms with Crippen LogP contribution in [0.2, 0.25) is 0 Å². The Balaban J connectivity index is 1.57. The van der Waals surface area contributed by atoms with Crippen LogP contribution in [0.15, 0.2) is 57.9 Å². The van der Waals surface area contributed by atoms with Gasteiger partial charge in [-0.25, -0.2) is 12.8 Å². The van der Waals surface area contributed by atoms with E-state index in [2.05, 4.69) is 15.9 Å². The van der Waals surface area contributed by atoms with Gasteiger partial charge in [-0.3, -0.25) is 9.69 Å². The van der Waals surface area contributed by atoms with Gasteiger partial charge in [0.2, 0.25) is 15.9 Å². The van der Waals surface area contributed by atoms with Gasteiger partial charge in [0.1, 0.15) is 5.82 Å². The van der Waals surface area contributed by atoms with E-state index < -0.39 is 15.8 Å². The van der Waals surface area contributed by atoms with Crippen molar-refractivity contribution in [2.75, 3.05) is 39.8 Å². The van der Waals surface area contributed by atoms with E-state index >= 15 is 0 Å². The topological polar surface area (TPSA) is 60.9 Å². The molecule has 0 aromatic heterocycles. The summed E-state index contributed by atoms with van der Waals surface area (Å²) in [5.41, 5.74) is 1.03. The van der Waals surface area contributed by atoms with E-state index in [1.807, 2.05) is 29.2 Å². The Morgan fingerprint density at radius 3 is 2.47 bits per heavy atom. The van der Waals surface area contributed by atoms with Crippen molar-refractivity contribution >= 4 is 31.9 Å². The van der Waals surface area contributed by atoms with Gasteiger partial charge in [-0.05, 0) is 48.9 Å². The van der Waals surface area contributed by atoms with Gasteiger partial charge in [0.25, 0.3) is 0 Å². The van der Waals surface area contributed by atoms with Gasteiger partial charge in [-0.2, -0.15) is 4.31 Å². The molecule has 1 fully saturated rings. The monoisotopic (exact) mass is 497 g/mol. The molecular formula is C21H25BrFN3O3S. The summed E-state index contributed by atoms with van der Waals surface area (Å²) in [6.07, 6.45) is 0.627. The summed E-state index contributed by atoms with van der Waals surface area (Å²) in [4.78, 5) is 16.4. The minimum Gasteiger partial charge on any atom is -0.340 e. The van der Waals surface area contributed by atoms with Gasteiger partial charge < -0.3 is 4.90 Å². The molecule has 0 atom stereocenters. The molecule has 0 radical (unpaired) electrons. The second-order valence-corrected chi connectivity index (χ2v) is 10.1. The molecule has 9 heteroatoms. The Bertz CT molecular complexity index is 985. The van der Waals surface area contributed by atoms with Crippen LogP contribution >= 0.6 is 15.9 Å². The molecule has 30 heavy (non-hydrogen) atoms. The molecule has 0 aliphatic carbocycles. The van der Waals surface area contributed by atoms with Crippen LogP contribution in [0, 0.1) is 5.82 Å². The average Bonchev–Trinajstić information content (AvgIpc) is 2.96. The fourth-order valence-electron chi connectivity index (χ4n) is 3.38. The van der Waals surface area contributed by atoms with Crippen molar-refractivity contribution in [1.29, 1.82) is 0 Å². The molecule has 1 aliphatic heterocycles. The number of rotatable bonds is 6. The van der Waals surface area contributed by atoms with E-state index in [4.69, 9.17) is 0 Å². The smallest absolute Gasteiger partial charge is 0.243 e. The summed E-state index contributed by atoms with van der Waals surface area (Å²) in [7, 11) is -1.91. The lowest BCUT2D eigenvalue weighted by atomic mass is 10.2. The Labute approximate surface area is 185 Å². The van der Waals surface area contributed by atoms with Gasteiger partial charge in [-0.1, -0.05) is 34.1 Å². The van der Waals surface area contributed by atoms with E-state index in [1.54, 1.807) is 11.9 Å². The first-order valence-corrected chi connectivity index (χ1v) is 12.0. The molecule has 2 aromatic carbocycles. The first-order chi connectivity index (χ1) is 14.3. The molecule has 2 aromatic rings. The van der Waals surface area contributed by atoms with Crippen molar-refractivity contribution < 1.29 is 17.6 Å². The highest BCUT2D eigenvalue weighted by Gasteiger charge is 2.27. The molecule has 0 spiro atoms. The highest BCUT2D eigenvalue weighted by Crippen LogP contribution is 2.19. The largest absolute Gasteiger partial charge is 0.340 e. The van der Waals surface area contributed by atoms with Gasteiger partial charge in [0.15, 0.2) is 0 Å². The number of sulfonamides is 1. The number of carbonyl (C=O) groups is 1. The summed E-state index contributed by atoms with van der Waals surface area (Å²) >= 11 is 3.50. The molecule has 6 nitrogen and oxygen atoms in total. The lowest BCUT2D eigenvalue weighted by molar-refractivity contribution is -0.131. The average molecular weight is 498 g/mol. The van der Waals surface area contributed by atoms with Gasteiger partial charge >= 0.3 is 0 Å². The van der Waals surface area contributed by atoms with E-state index in [0.29, 0.717) is 39.1 Å². The molecule has 1 amide bonds. The Kier molecular flexibility index (Phi) is 7.62. The van der Waals surface area contributed by atoms with Crippen LogP contribution in [-0.4, -0.2) is 68.2 Å². The first-order valence-electron chi connectivity index (χ1n) is 9.73. The van der Waals surface area contributed by atoms with E-state index in [0.717, 1.165) is 22.2 Å². The van der Waals surface area contributed by atoms with Crippen molar-refractivity contribution in [3.8, 4) is 0 Å². The minimum atomic E-state index is -3.68. The van der Waals surface area contributed by atoms with Crippen LogP contribution in [0.1, 0.15) is 12.0 Å². The number of nitrogens with zero attached hydrogens (tertiary/aromatic N) is 3. The van der Waals surface area contributed by atoms with Crippen LogP contribution in [0.3, 0.4) is 0 Å². The molecule has 1 heterocycles. The second kappa shape index (κ2) is 10.00. The number of hydrogen-bond acceptors (Lipinski definition) is 4. The SMILES string of the molecule is CN(Cc1ccccc1Br)C(=O)CN1CCCN(S(=O)(=O)c2ccc(F)cc2)CC1. The lowest BCUT2D eigenvalue weighted by Gasteiger charge is -2.24. The van der Waals surface area contributed by atoms with Crippen molar-refractivity contribution in [3.63, 3.8) is 0 Å². The highest BCUT2D eigenvalue weighted by atomic mass is 79.9. The van der Waals surface area contributed by atoms with Crippen LogP contribution < -0.4 is 0 Å². The maximum absolute atomic E-state index is 13.1. The molecule has 0 N–H and O–H groups in total. The van der Waals surface area contributed by atoms with E-state index in [1.165, 1.54) is 16.4 Å². The molecule has 1 saturated heterocycles. The predicted molar refractivity (Wildman–Crippen MR) is 117 cm³/mol. The molecule has 0 bridgehead atoms. The third-order valence-corrected chi connectivity index (χ3v) is 7.84. The first kappa shape index (κ1) is 22.9. The Morgan fingerprint density at radius 2 is 1.77 bits per heavy atom. The summed E-state index contributed by atoms with van der Waals surface area (Å²) in [6, 6.07) is 12.6. The zero-order valence-corrected chi connectivity index (χ0v) is 19.2. The van der Waals surface area contributed by atoms with Gasteiger partial charge in [0, 0.05) is 37.7 Å². The zero-order chi connectivity index (χ0) is 21.7. The van der Waals surface area contributed by atoms with Crippen molar-refractivity contribution in [2.45, 2.75) is 17.9 Å². The number of halogens is 2. The highest BCUT2D eigenvalue weighted by molar-refractivity contribution is 9.10. The van der Waals surface area contributed by atoms with Crippen molar-refractivity contribution in [2.24, 2.45) is 0 Å². The molecule has 0 unspecified atom stereocenters. The van der Waals surface area contributed by atoms with Crippen molar-refractivity contribution in [1.82, 2.24) is 14.1 Å². The van der Waals surface area contributed by atoms with E-state index in [9.17, 15) is 17.6 Å². The molecule has 3 rings (SSSR count). The number of amides is 1. The zero-order valence-electron chi connectivity index (χ0n) is 16.8. The Morgan fingerprint density at radius 1 is 1.07 bits per heavy atom. The number of likely N-dealkylation sites (N-methyl/N-ethyl adjacent to an activating group) is 1. The van der Waals surface area contributed by atoms with Crippen LogP contribution in [0.5, 0.6) is 0 Å². The third-order valence-electron chi connectivity index (χ3n) is 5.15. The summed E-state index contributed by atoms with van der Waals surface area (Å²) in [5.74, 6) is -0.484. The fourth-order valence-corrected chi connectivity index (χ4v) is 5.26. The van der Waals surface area contributed by atoms with E-state index in [-0.39, 0.29) is 17.3 Å². The summed E-state index contributed by atoms with van der Waals surface area (Å²) in [6.45, 7) is 2.52. The normalized spacial score (nSPS) is 16.2. The number of benzene rings is 2. The summed E-state index contributed by atoms with van der Waals surface area (Å²) < 4.78 is 41.2. The van der Waals surface area contributed by atoms with Crippen LogP contribution in [-0.2, 0) is 21.4 Å². The lowest BCUT2D eigenvalue weighted by Crippen LogP contribution is -2.40. The van der Waals surface area contributed by atoms with Gasteiger partial charge in [0.05, 0.1) is 11.4 Å². The fraction of sp³-hybridized carbons (Fsp3) is 0.381. The molecular weight excluding hydrogens is 473 g/mol. The predicted octanol–water partition coefficient (Wildman–Crippen LogP) is 2.94. The maximum atomic E-state index is 13.1. The summed E-state index contributed by atoms with van der Waals surface area (Å²) in [5, 5.41) is 0. The van der Waals surface area contributed by atoms with Crippen LogP contribution in [0.25, 0.3) is 0 Å². The van der Waals surface area contributed by atoms with Crippen molar-refractivity contribution in [3.05, 3.63) is 64.4 Å². The number of carbonyl (C=O) groups excluding carboxylic acids is 1.